The van der Waals surface area contributed by atoms with Gasteiger partial charge in [0.2, 0.25) is 0 Å². The number of benzene rings is 1. The number of piperazine rings is 1. The van der Waals surface area contributed by atoms with Crippen LogP contribution in [0.4, 0.5) is 5.69 Å². The molecule has 1 fully saturated rings. The SMILES string of the molecule is Cc1ccc(N2CCN(CCC(=O)O)CC2)cc1.[Cl-]. The molecule has 1 heterocycles. The largest absolute Gasteiger partial charge is 1.00 e. The van der Waals surface area contributed by atoms with Crippen molar-refractivity contribution in [3.8, 4) is 0 Å². The van der Waals surface area contributed by atoms with Crippen molar-refractivity contribution in [2.24, 2.45) is 0 Å². The average molecular weight is 284 g/mol. The molecule has 2 rings (SSSR count). The fourth-order valence-electron chi connectivity index (χ4n) is 2.24. The number of anilines is 1. The topological polar surface area (TPSA) is 43.8 Å². The number of carboxylic acids is 1. The molecular formula is C14H20ClN2O2-. The van der Waals surface area contributed by atoms with Gasteiger partial charge < -0.3 is 22.4 Å². The molecular weight excluding hydrogens is 264 g/mol. The van der Waals surface area contributed by atoms with Crippen molar-refractivity contribution < 1.29 is 22.3 Å². The van der Waals surface area contributed by atoms with Crippen molar-refractivity contribution in [3.63, 3.8) is 0 Å². The first-order valence-electron chi connectivity index (χ1n) is 6.41. The Labute approximate surface area is 120 Å². The number of rotatable bonds is 4. The maximum atomic E-state index is 10.5. The number of aliphatic carboxylic acids is 1. The summed E-state index contributed by atoms with van der Waals surface area (Å²) < 4.78 is 0. The Kier molecular flexibility index (Phi) is 6.12. The van der Waals surface area contributed by atoms with Gasteiger partial charge in [0.25, 0.3) is 0 Å². The number of hydrogen-bond acceptors (Lipinski definition) is 3. The standard InChI is InChI=1S/C14H20N2O2.ClH/c1-12-2-4-13(5-3-12)16-10-8-15(9-11-16)7-6-14(17)18;/h2-5H,6-11H2,1H3,(H,17,18);1H/p-1. The third-order valence-corrected chi connectivity index (χ3v) is 3.41. The van der Waals surface area contributed by atoms with E-state index in [9.17, 15) is 4.79 Å². The fraction of sp³-hybridized carbons (Fsp3) is 0.500. The summed E-state index contributed by atoms with van der Waals surface area (Å²) in [5.41, 5.74) is 2.54. The minimum atomic E-state index is -0.712. The van der Waals surface area contributed by atoms with Gasteiger partial charge in [0.15, 0.2) is 0 Å². The molecule has 0 saturated carbocycles. The van der Waals surface area contributed by atoms with E-state index in [-0.39, 0.29) is 18.8 Å². The molecule has 1 aliphatic heterocycles. The van der Waals surface area contributed by atoms with Gasteiger partial charge in [0.05, 0.1) is 6.42 Å². The van der Waals surface area contributed by atoms with Gasteiger partial charge in [-0.2, -0.15) is 0 Å². The van der Waals surface area contributed by atoms with E-state index in [2.05, 4.69) is 41.0 Å². The molecule has 0 radical (unpaired) electrons. The van der Waals surface area contributed by atoms with Crippen molar-refractivity contribution in [2.45, 2.75) is 13.3 Å². The fourth-order valence-corrected chi connectivity index (χ4v) is 2.24. The summed E-state index contributed by atoms with van der Waals surface area (Å²) in [6.45, 7) is 6.60. The van der Waals surface area contributed by atoms with Crippen molar-refractivity contribution in [1.29, 1.82) is 0 Å². The molecule has 0 spiro atoms. The molecule has 0 atom stereocenters. The smallest absolute Gasteiger partial charge is 0.304 e. The first-order chi connectivity index (χ1) is 8.65. The predicted octanol–water partition coefficient (Wildman–Crippen LogP) is -1.40. The van der Waals surface area contributed by atoms with Crippen LogP contribution in [0.3, 0.4) is 0 Å². The van der Waals surface area contributed by atoms with Gasteiger partial charge >= 0.3 is 5.97 Å². The highest BCUT2D eigenvalue weighted by atomic mass is 35.5. The summed E-state index contributed by atoms with van der Waals surface area (Å²) in [4.78, 5) is 15.1. The van der Waals surface area contributed by atoms with Crippen LogP contribution in [0, 0.1) is 6.92 Å². The molecule has 5 heteroatoms. The minimum Gasteiger partial charge on any atom is -1.00 e. The van der Waals surface area contributed by atoms with Gasteiger partial charge in [-0.1, -0.05) is 17.7 Å². The summed E-state index contributed by atoms with van der Waals surface area (Å²) in [7, 11) is 0. The molecule has 0 amide bonds. The van der Waals surface area contributed by atoms with E-state index in [0.29, 0.717) is 6.54 Å². The zero-order valence-electron chi connectivity index (χ0n) is 11.2. The van der Waals surface area contributed by atoms with Gasteiger partial charge in [-0.25, -0.2) is 0 Å². The Morgan fingerprint density at radius 3 is 2.26 bits per heavy atom. The molecule has 1 N–H and O–H groups in total. The van der Waals surface area contributed by atoms with Crippen LogP contribution in [-0.2, 0) is 4.79 Å². The van der Waals surface area contributed by atoms with E-state index in [0.717, 1.165) is 26.2 Å². The van der Waals surface area contributed by atoms with Gasteiger partial charge in [0.1, 0.15) is 0 Å². The second-order valence-corrected chi connectivity index (χ2v) is 4.81. The lowest BCUT2D eigenvalue weighted by Crippen LogP contribution is -3.00. The lowest BCUT2D eigenvalue weighted by Gasteiger charge is -2.35. The summed E-state index contributed by atoms with van der Waals surface area (Å²) in [5, 5.41) is 8.66. The number of halogens is 1. The van der Waals surface area contributed by atoms with Gasteiger partial charge in [0, 0.05) is 38.4 Å². The lowest BCUT2D eigenvalue weighted by atomic mass is 10.2. The summed E-state index contributed by atoms with van der Waals surface area (Å²) >= 11 is 0. The molecule has 0 bridgehead atoms. The number of carboxylic acid groups (broad SMARTS) is 1. The van der Waals surface area contributed by atoms with Gasteiger partial charge in [-0.3, -0.25) is 9.69 Å². The Morgan fingerprint density at radius 2 is 1.74 bits per heavy atom. The van der Waals surface area contributed by atoms with Crippen molar-refractivity contribution >= 4 is 11.7 Å². The Morgan fingerprint density at radius 1 is 1.16 bits per heavy atom. The molecule has 1 aromatic rings. The average Bonchev–Trinajstić information content (AvgIpc) is 2.38. The Bertz CT molecular complexity index is 400. The quantitative estimate of drug-likeness (QED) is 0.738. The van der Waals surface area contributed by atoms with E-state index in [4.69, 9.17) is 5.11 Å². The van der Waals surface area contributed by atoms with Crippen LogP contribution in [0.15, 0.2) is 24.3 Å². The number of hydrogen-bond donors (Lipinski definition) is 1. The molecule has 4 nitrogen and oxygen atoms in total. The summed E-state index contributed by atoms with van der Waals surface area (Å²) in [6.07, 6.45) is 0.241. The number of carbonyl (C=O) groups is 1. The number of nitrogens with zero attached hydrogens (tertiary/aromatic N) is 2. The van der Waals surface area contributed by atoms with E-state index in [1.807, 2.05) is 0 Å². The van der Waals surface area contributed by atoms with Crippen LogP contribution >= 0.6 is 0 Å². The molecule has 1 aliphatic rings. The molecule has 1 saturated heterocycles. The monoisotopic (exact) mass is 283 g/mol. The molecule has 106 valence electrons. The van der Waals surface area contributed by atoms with E-state index >= 15 is 0 Å². The first-order valence-corrected chi connectivity index (χ1v) is 6.41. The van der Waals surface area contributed by atoms with E-state index in [1.165, 1.54) is 11.3 Å². The zero-order chi connectivity index (χ0) is 13.0. The van der Waals surface area contributed by atoms with Crippen LogP contribution in [0.25, 0.3) is 0 Å². The third-order valence-electron chi connectivity index (χ3n) is 3.41. The molecule has 0 unspecified atom stereocenters. The summed E-state index contributed by atoms with van der Waals surface area (Å²) in [6, 6.07) is 8.57. The van der Waals surface area contributed by atoms with Gasteiger partial charge in [-0.15, -0.1) is 0 Å². The molecule has 1 aromatic carbocycles. The second-order valence-electron chi connectivity index (χ2n) is 4.81. The minimum absolute atomic E-state index is 0. The van der Waals surface area contributed by atoms with Crippen LogP contribution in [0.5, 0.6) is 0 Å². The Balaban J connectivity index is 0.00000180. The normalized spacial score (nSPS) is 15.9. The highest BCUT2D eigenvalue weighted by Gasteiger charge is 2.17. The molecule has 19 heavy (non-hydrogen) atoms. The molecule has 0 aliphatic carbocycles. The van der Waals surface area contributed by atoms with Crippen molar-refractivity contribution in [1.82, 2.24) is 4.90 Å². The van der Waals surface area contributed by atoms with Crippen molar-refractivity contribution in [3.05, 3.63) is 29.8 Å². The van der Waals surface area contributed by atoms with Crippen LogP contribution in [-0.4, -0.2) is 48.7 Å². The predicted molar refractivity (Wildman–Crippen MR) is 72.1 cm³/mol. The van der Waals surface area contributed by atoms with Gasteiger partial charge in [-0.05, 0) is 19.1 Å². The van der Waals surface area contributed by atoms with Crippen LogP contribution < -0.4 is 17.3 Å². The van der Waals surface area contributed by atoms with E-state index in [1.54, 1.807) is 0 Å². The zero-order valence-corrected chi connectivity index (χ0v) is 11.9. The van der Waals surface area contributed by atoms with Crippen LogP contribution in [0.2, 0.25) is 0 Å². The van der Waals surface area contributed by atoms with Crippen molar-refractivity contribution in [2.75, 3.05) is 37.6 Å². The highest BCUT2D eigenvalue weighted by Crippen LogP contribution is 2.17. The maximum Gasteiger partial charge on any atom is 0.304 e. The van der Waals surface area contributed by atoms with E-state index < -0.39 is 5.97 Å². The Hall–Kier alpha value is -1.26. The third kappa shape index (κ3) is 4.73. The number of aryl methyl sites for hydroxylation is 1. The second kappa shape index (κ2) is 7.36. The lowest BCUT2D eigenvalue weighted by molar-refractivity contribution is -0.137. The first kappa shape index (κ1) is 15.8. The maximum absolute atomic E-state index is 10.5. The highest BCUT2D eigenvalue weighted by molar-refractivity contribution is 5.66. The summed E-state index contributed by atoms with van der Waals surface area (Å²) in [5.74, 6) is -0.712. The molecule has 0 aromatic heterocycles. The van der Waals surface area contributed by atoms with Crippen LogP contribution in [0.1, 0.15) is 12.0 Å².